The van der Waals surface area contributed by atoms with Crippen LogP contribution in [-0.2, 0) is 12.0 Å². The molecule has 2 heterocycles. The molecule has 3 rings (SSSR count). The van der Waals surface area contributed by atoms with E-state index in [0.29, 0.717) is 16.6 Å². The molecule has 1 aliphatic heterocycles. The number of aromatic nitrogens is 1. The van der Waals surface area contributed by atoms with E-state index < -0.39 is 0 Å². The van der Waals surface area contributed by atoms with E-state index in [2.05, 4.69) is 16.9 Å². The van der Waals surface area contributed by atoms with E-state index in [-0.39, 0.29) is 17.7 Å². The lowest BCUT2D eigenvalue weighted by Crippen LogP contribution is -2.28. The van der Waals surface area contributed by atoms with Gasteiger partial charge in [0.05, 0.1) is 11.2 Å². The van der Waals surface area contributed by atoms with Crippen LogP contribution in [0.5, 0.6) is 0 Å². The number of hydrogen-bond donors (Lipinski definition) is 1. The van der Waals surface area contributed by atoms with Crippen LogP contribution >= 0.6 is 11.8 Å². The first kappa shape index (κ1) is 15.8. The highest BCUT2D eigenvalue weighted by atomic mass is 32.2. The summed E-state index contributed by atoms with van der Waals surface area (Å²) in [5.41, 5.74) is 8.21. The maximum atomic E-state index is 12.3. The van der Waals surface area contributed by atoms with Crippen LogP contribution < -0.4 is 5.73 Å². The van der Waals surface area contributed by atoms with Crippen LogP contribution in [0.3, 0.4) is 0 Å². The highest BCUT2D eigenvalue weighted by Gasteiger charge is 2.29. The molecular formula is C17H19N3O2S. The lowest BCUT2D eigenvalue weighted by atomic mass is 9.88. The second kappa shape index (κ2) is 6.20. The van der Waals surface area contributed by atoms with E-state index in [9.17, 15) is 4.79 Å². The summed E-state index contributed by atoms with van der Waals surface area (Å²) in [6.07, 6.45) is 2.52. The molecule has 0 aliphatic carbocycles. The molecule has 1 aromatic heterocycles. The third-order valence-corrected chi connectivity index (χ3v) is 4.90. The first-order valence-electron chi connectivity index (χ1n) is 7.49. The fourth-order valence-electron chi connectivity index (χ4n) is 2.75. The first-order valence-corrected chi connectivity index (χ1v) is 8.47. The lowest BCUT2D eigenvalue weighted by molar-refractivity contribution is 0.0965. The predicted molar refractivity (Wildman–Crippen MR) is 91.8 cm³/mol. The Labute approximate surface area is 139 Å². The molecule has 0 unspecified atom stereocenters. The van der Waals surface area contributed by atoms with Gasteiger partial charge < -0.3 is 10.2 Å². The summed E-state index contributed by atoms with van der Waals surface area (Å²) >= 11 is 1.58. The molecule has 120 valence electrons. The van der Waals surface area contributed by atoms with Crippen LogP contribution in [0.2, 0.25) is 0 Å². The number of aryl methyl sites for hydroxylation is 1. The summed E-state index contributed by atoms with van der Waals surface area (Å²) in [5.74, 6) is 1.22. The average Bonchev–Trinajstić information content (AvgIpc) is 2.93. The van der Waals surface area contributed by atoms with E-state index in [4.69, 9.17) is 10.2 Å². The molecule has 5 nitrogen and oxygen atoms in total. The van der Waals surface area contributed by atoms with Crippen LogP contribution in [-0.4, -0.2) is 21.7 Å². The third-order valence-electron chi connectivity index (χ3n) is 4.11. The van der Waals surface area contributed by atoms with Crippen molar-refractivity contribution in [2.45, 2.75) is 32.2 Å². The third kappa shape index (κ3) is 3.32. The minimum Gasteiger partial charge on any atom is -0.440 e. The molecule has 0 radical (unpaired) electrons. The van der Waals surface area contributed by atoms with Gasteiger partial charge in [-0.05, 0) is 31.4 Å². The molecule has 0 spiro atoms. The number of oxazole rings is 1. The van der Waals surface area contributed by atoms with Crippen LogP contribution in [0.1, 0.15) is 40.7 Å². The Hall–Kier alpha value is -2.08. The van der Waals surface area contributed by atoms with Gasteiger partial charge in [0.2, 0.25) is 5.78 Å². The van der Waals surface area contributed by atoms with Crippen molar-refractivity contribution in [3.63, 3.8) is 0 Å². The maximum Gasteiger partial charge on any atom is 0.204 e. The molecule has 0 saturated heterocycles. The fourth-order valence-corrected chi connectivity index (χ4v) is 3.72. The monoisotopic (exact) mass is 329 g/mol. The average molecular weight is 329 g/mol. The quantitative estimate of drug-likeness (QED) is 0.872. The van der Waals surface area contributed by atoms with Crippen LogP contribution in [0, 0.1) is 6.92 Å². The van der Waals surface area contributed by atoms with Crippen LogP contribution in [0.15, 0.2) is 40.1 Å². The smallest absolute Gasteiger partial charge is 0.204 e. The molecular weight excluding hydrogens is 310 g/mol. The minimum absolute atomic E-state index is 0.0653. The summed E-state index contributed by atoms with van der Waals surface area (Å²) in [6.45, 7) is 3.85. The zero-order chi connectivity index (χ0) is 16.4. The molecule has 6 heteroatoms. The summed E-state index contributed by atoms with van der Waals surface area (Å²) in [4.78, 5) is 20.9. The number of Topliss-reactive ketones (excluding diaryl/α,β-unsaturated/α-hetero) is 1. The second-order valence-corrected chi connectivity index (χ2v) is 7.00. The molecule has 0 saturated carbocycles. The summed E-state index contributed by atoms with van der Waals surface area (Å²) < 4.78 is 5.18. The van der Waals surface area contributed by atoms with E-state index in [1.54, 1.807) is 18.7 Å². The van der Waals surface area contributed by atoms with Crippen molar-refractivity contribution in [3.8, 4) is 0 Å². The van der Waals surface area contributed by atoms with Gasteiger partial charge in [0.25, 0.3) is 0 Å². The molecule has 0 fully saturated rings. The number of ketones is 1. The van der Waals surface area contributed by atoms with Gasteiger partial charge in [0.15, 0.2) is 17.3 Å². The van der Waals surface area contributed by atoms with Crippen molar-refractivity contribution in [3.05, 3.63) is 53.2 Å². The van der Waals surface area contributed by atoms with Crippen molar-refractivity contribution in [2.24, 2.45) is 10.7 Å². The Morgan fingerprint density at radius 2 is 2.30 bits per heavy atom. The van der Waals surface area contributed by atoms with Gasteiger partial charge in [-0.3, -0.25) is 9.79 Å². The molecule has 23 heavy (non-hydrogen) atoms. The maximum absolute atomic E-state index is 12.3. The van der Waals surface area contributed by atoms with E-state index in [0.717, 1.165) is 23.3 Å². The van der Waals surface area contributed by atoms with Crippen molar-refractivity contribution in [1.82, 2.24) is 4.98 Å². The number of aliphatic imine (C=N–C) groups is 1. The molecule has 0 bridgehead atoms. The van der Waals surface area contributed by atoms with Crippen molar-refractivity contribution < 1.29 is 9.21 Å². The number of nitrogens with zero attached hydrogens (tertiary/aromatic N) is 2. The van der Waals surface area contributed by atoms with Crippen molar-refractivity contribution in [2.75, 3.05) is 5.75 Å². The SMILES string of the molecule is Cc1ncoc1C(=O)Cc1cccc([C@]2(C)CCSC(N)=N2)c1. The van der Waals surface area contributed by atoms with Gasteiger partial charge in [0, 0.05) is 12.2 Å². The number of nitrogens with two attached hydrogens (primary N) is 1. The van der Waals surface area contributed by atoms with Crippen molar-refractivity contribution >= 4 is 22.7 Å². The zero-order valence-electron chi connectivity index (χ0n) is 13.2. The van der Waals surface area contributed by atoms with Gasteiger partial charge in [0.1, 0.15) is 0 Å². The first-order chi connectivity index (χ1) is 11.0. The number of carbonyl (C=O) groups excluding carboxylic acids is 1. The van der Waals surface area contributed by atoms with Crippen LogP contribution in [0.25, 0.3) is 0 Å². The second-order valence-electron chi connectivity index (χ2n) is 5.89. The predicted octanol–water partition coefficient (Wildman–Crippen LogP) is 3.08. The molecule has 1 aliphatic rings. The number of amidine groups is 1. The van der Waals surface area contributed by atoms with E-state index in [1.165, 1.54) is 6.39 Å². The van der Waals surface area contributed by atoms with Gasteiger partial charge >= 0.3 is 0 Å². The minimum atomic E-state index is -0.323. The lowest BCUT2D eigenvalue weighted by Gasteiger charge is -2.30. The van der Waals surface area contributed by atoms with Gasteiger partial charge in [-0.15, -0.1) is 0 Å². The number of carbonyl (C=O) groups is 1. The molecule has 0 amide bonds. The largest absolute Gasteiger partial charge is 0.440 e. The summed E-state index contributed by atoms with van der Waals surface area (Å²) in [7, 11) is 0. The Balaban J connectivity index is 1.85. The van der Waals surface area contributed by atoms with E-state index in [1.807, 2.05) is 24.3 Å². The Morgan fingerprint density at radius 1 is 1.48 bits per heavy atom. The fraction of sp³-hybridized carbons (Fsp3) is 0.353. The summed E-state index contributed by atoms with van der Waals surface area (Å²) in [5, 5.41) is 0.623. The molecule has 2 aromatic rings. The molecule has 1 aromatic carbocycles. The Morgan fingerprint density at radius 3 is 3.00 bits per heavy atom. The molecule has 1 atom stereocenters. The standard InChI is InChI=1S/C17H19N3O2S/c1-11-15(22-10-19-11)14(21)9-12-4-3-5-13(8-12)17(2)6-7-23-16(18)20-17/h3-5,8,10H,6-7,9H2,1-2H3,(H2,18,20)/t17-/m0/s1. The number of hydrogen-bond acceptors (Lipinski definition) is 6. The van der Waals surface area contributed by atoms with Gasteiger partial charge in [-0.1, -0.05) is 36.0 Å². The number of thioether (sulfide) groups is 1. The highest BCUT2D eigenvalue weighted by Crippen LogP contribution is 2.35. The topological polar surface area (TPSA) is 81.5 Å². The van der Waals surface area contributed by atoms with Gasteiger partial charge in [-0.2, -0.15) is 0 Å². The normalized spacial score (nSPS) is 21.0. The van der Waals surface area contributed by atoms with E-state index >= 15 is 0 Å². The summed E-state index contributed by atoms with van der Waals surface area (Å²) in [6, 6.07) is 7.99. The van der Waals surface area contributed by atoms with Crippen molar-refractivity contribution in [1.29, 1.82) is 0 Å². The zero-order valence-corrected chi connectivity index (χ0v) is 14.0. The molecule has 2 N–H and O–H groups in total. The Bertz CT molecular complexity index is 769. The Kier molecular flexibility index (Phi) is 4.26. The highest BCUT2D eigenvalue weighted by molar-refractivity contribution is 8.13. The number of rotatable bonds is 4. The number of benzene rings is 1. The van der Waals surface area contributed by atoms with Crippen LogP contribution in [0.4, 0.5) is 0 Å². The van der Waals surface area contributed by atoms with Gasteiger partial charge in [-0.25, -0.2) is 4.98 Å².